The lowest BCUT2D eigenvalue weighted by Crippen LogP contribution is -2.18. The average molecular weight is 536 g/mol. The summed E-state index contributed by atoms with van der Waals surface area (Å²) in [5.74, 6) is -1.35. The molecule has 1 amide bonds. The monoisotopic (exact) mass is 535 g/mol. The standard InChI is InChI=1S/C28H21F4N5O2/c29-22-9-8-19(26(39-16-17-6-7-17)20-4-2-10-34-15-20)12-23(22)35-27(38)24-13-25(28(30,31)32)36-37(24)21-5-1-3-18(11-21)14-33/h1-5,8-13,15,17,26H,6-7,16H2,(H,35,38). The largest absolute Gasteiger partial charge is 0.435 e. The Bertz CT molecular complexity index is 1540. The van der Waals surface area contributed by atoms with Crippen LogP contribution in [0.25, 0.3) is 5.69 Å². The van der Waals surface area contributed by atoms with Gasteiger partial charge in [0.1, 0.15) is 17.6 Å². The minimum Gasteiger partial charge on any atom is -0.368 e. The van der Waals surface area contributed by atoms with Gasteiger partial charge in [-0.25, -0.2) is 9.07 Å². The second-order valence-corrected chi connectivity index (χ2v) is 9.12. The Morgan fingerprint density at radius 2 is 1.95 bits per heavy atom. The topological polar surface area (TPSA) is 92.8 Å². The number of benzene rings is 2. The molecule has 11 heteroatoms. The van der Waals surface area contributed by atoms with Gasteiger partial charge in [0.05, 0.1) is 29.6 Å². The Morgan fingerprint density at radius 1 is 1.13 bits per heavy atom. The molecule has 198 valence electrons. The van der Waals surface area contributed by atoms with Crippen LogP contribution in [-0.4, -0.2) is 27.3 Å². The number of alkyl halides is 3. The van der Waals surface area contributed by atoms with Crippen LogP contribution in [0.4, 0.5) is 23.2 Å². The van der Waals surface area contributed by atoms with E-state index < -0.39 is 35.4 Å². The Morgan fingerprint density at radius 3 is 2.64 bits per heavy atom. The first-order valence-corrected chi connectivity index (χ1v) is 12.0. The highest BCUT2D eigenvalue weighted by molar-refractivity contribution is 6.03. The normalized spacial score (nSPS) is 14.0. The molecule has 1 N–H and O–H groups in total. The number of carbonyl (C=O) groups excluding carboxylic acids is 1. The number of nitrogens with one attached hydrogen (secondary N) is 1. The molecule has 0 spiro atoms. The summed E-state index contributed by atoms with van der Waals surface area (Å²) >= 11 is 0. The summed E-state index contributed by atoms with van der Waals surface area (Å²) in [7, 11) is 0. The molecule has 5 rings (SSSR count). The molecule has 1 saturated carbocycles. The van der Waals surface area contributed by atoms with Crippen LogP contribution in [-0.2, 0) is 10.9 Å². The van der Waals surface area contributed by atoms with E-state index in [4.69, 9.17) is 4.74 Å². The molecule has 0 aliphatic heterocycles. The molecule has 1 atom stereocenters. The van der Waals surface area contributed by atoms with Gasteiger partial charge in [0, 0.05) is 24.0 Å². The molecule has 39 heavy (non-hydrogen) atoms. The lowest BCUT2D eigenvalue weighted by molar-refractivity contribution is -0.141. The van der Waals surface area contributed by atoms with Gasteiger partial charge in [0.25, 0.3) is 5.91 Å². The van der Waals surface area contributed by atoms with Crippen LogP contribution in [0.1, 0.15) is 51.8 Å². The van der Waals surface area contributed by atoms with Crippen LogP contribution < -0.4 is 5.32 Å². The molecule has 4 aromatic rings. The quantitative estimate of drug-likeness (QED) is 0.277. The summed E-state index contributed by atoms with van der Waals surface area (Å²) in [6, 6.07) is 15.7. The smallest absolute Gasteiger partial charge is 0.368 e. The predicted octanol–water partition coefficient (Wildman–Crippen LogP) is 6.07. The van der Waals surface area contributed by atoms with Crippen molar-refractivity contribution in [3.05, 3.63) is 107 Å². The van der Waals surface area contributed by atoms with Crippen molar-refractivity contribution >= 4 is 11.6 Å². The van der Waals surface area contributed by atoms with Gasteiger partial charge >= 0.3 is 6.18 Å². The summed E-state index contributed by atoms with van der Waals surface area (Å²) in [5, 5.41) is 15.1. The second-order valence-electron chi connectivity index (χ2n) is 9.12. The van der Waals surface area contributed by atoms with Crippen molar-refractivity contribution < 1.29 is 27.1 Å². The third-order valence-corrected chi connectivity index (χ3v) is 6.18. The Kier molecular flexibility index (Phi) is 7.13. The molecule has 0 bridgehead atoms. The molecular formula is C28H21F4N5O2. The Labute approximate surface area is 220 Å². The predicted molar refractivity (Wildman–Crippen MR) is 132 cm³/mol. The number of anilines is 1. The van der Waals surface area contributed by atoms with E-state index in [2.05, 4.69) is 15.4 Å². The van der Waals surface area contributed by atoms with Gasteiger partial charge in [-0.1, -0.05) is 18.2 Å². The summed E-state index contributed by atoms with van der Waals surface area (Å²) in [6.45, 7) is 0.500. The van der Waals surface area contributed by atoms with Crippen LogP contribution in [0.3, 0.4) is 0 Å². The van der Waals surface area contributed by atoms with Crippen molar-refractivity contribution in [3.63, 3.8) is 0 Å². The molecule has 1 aliphatic carbocycles. The van der Waals surface area contributed by atoms with E-state index in [1.807, 2.05) is 12.1 Å². The van der Waals surface area contributed by atoms with E-state index in [0.29, 0.717) is 24.2 Å². The molecule has 2 aromatic carbocycles. The van der Waals surface area contributed by atoms with Gasteiger partial charge in [0.2, 0.25) is 0 Å². The van der Waals surface area contributed by atoms with Gasteiger partial charge in [-0.05, 0) is 60.7 Å². The van der Waals surface area contributed by atoms with E-state index in [-0.39, 0.29) is 16.9 Å². The number of pyridine rings is 1. The minimum atomic E-state index is -4.84. The number of amides is 1. The fraction of sp³-hybridized carbons (Fsp3) is 0.214. The summed E-state index contributed by atoms with van der Waals surface area (Å²) in [5.41, 5.74) is -0.555. The van der Waals surface area contributed by atoms with Crippen molar-refractivity contribution in [2.75, 3.05) is 11.9 Å². The Balaban J connectivity index is 1.49. The number of hydrogen-bond donors (Lipinski definition) is 1. The van der Waals surface area contributed by atoms with Crippen LogP contribution in [0, 0.1) is 23.1 Å². The number of halogens is 4. The maximum absolute atomic E-state index is 14.8. The number of ether oxygens (including phenoxy) is 1. The van der Waals surface area contributed by atoms with E-state index >= 15 is 0 Å². The fourth-order valence-electron chi connectivity index (χ4n) is 4.01. The van der Waals surface area contributed by atoms with E-state index in [1.54, 1.807) is 18.5 Å². The molecule has 7 nitrogen and oxygen atoms in total. The van der Waals surface area contributed by atoms with Crippen molar-refractivity contribution in [1.82, 2.24) is 14.8 Å². The SMILES string of the molecule is N#Cc1cccc(-n2nc(C(F)(F)F)cc2C(=O)Nc2cc(C(OCC3CC3)c3cccnc3)ccc2F)c1. The van der Waals surface area contributed by atoms with Crippen molar-refractivity contribution in [1.29, 1.82) is 5.26 Å². The second kappa shape index (κ2) is 10.7. The van der Waals surface area contributed by atoms with Crippen LogP contribution >= 0.6 is 0 Å². The van der Waals surface area contributed by atoms with Gasteiger partial charge in [-0.15, -0.1) is 0 Å². The van der Waals surface area contributed by atoms with Gasteiger partial charge < -0.3 is 10.1 Å². The molecule has 2 aromatic heterocycles. The number of hydrogen-bond acceptors (Lipinski definition) is 5. The van der Waals surface area contributed by atoms with Gasteiger partial charge in [-0.2, -0.15) is 23.5 Å². The molecule has 0 saturated heterocycles. The number of aromatic nitrogens is 3. The molecule has 2 heterocycles. The molecule has 1 aliphatic rings. The summed E-state index contributed by atoms with van der Waals surface area (Å²) in [6.07, 6.45) is -0.0563. The van der Waals surface area contributed by atoms with Crippen molar-refractivity contribution in [2.24, 2.45) is 5.92 Å². The molecular weight excluding hydrogens is 514 g/mol. The number of nitriles is 1. The highest BCUT2D eigenvalue weighted by Gasteiger charge is 2.36. The van der Waals surface area contributed by atoms with Crippen LogP contribution in [0.15, 0.2) is 73.1 Å². The third kappa shape index (κ3) is 5.97. The van der Waals surface area contributed by atoms with E-state index in [1.165, 1.54) is 36.4 Å². The Hall–Kier alpha value is -4.56. The van der Waals surface area contributed by atoms with Gasteiger partial charge in [-0.3, -0.25) is 9.78 Å². The van der Waals surface area contributed by atoms with Crippen LogP contribution in [0.2, 0.25) is 0 Å². The third-order valence-electron chi connectivity index (χ3n) is 6.18. The zero-order chi connectivity index (χ0) is 27.6. The molecule has 0 radical (unpaired) electrons. The van der Waals surface area contributed by atoms with Crippen molar-refractivity contribution in [2.45, 2.75) is 25.1 Å². The molecule has 1 unspecified atom stereocenters. The minimum absolute atomic E-state index is 0.0639. The zero-order valence-electron chi connectivity index (χ0n) is 20.3. The number of rotatable bonds is 8. The van der Waals surface area contributed by atoms with Crippen LogP contribution in [0.5, 0.6) is 0 Å². The van der Waals surface area contributed by atoms with E-state index in [0.717, 1.165) is 29.2 Å². The number of nitrogens with zero attached hydrogens (tertiary/aromatic N) is 4. The summed E-state index contributed by atoms with van der Waals surface area (Å²) in [4.78, 5) is 17.3. The zero-order valence-corrected chi connectivity index (χ0v) is 20.3. The lowest BCUT2D eigenvalue weighted by atomic mass is 10.0. The first-order valence-electron chi connectivity index (χ1n) is 12.0. The maximum atomic E-state index is 14.8. The first kappa shape index (κ1) is 26.1. The van der Waals surface area contributed by atoms with Gasteiger partial charge in [0.15, 0.2) is 5.69 Å². The average Bonchev–Trinajstić information content (AvgIpc) is 3.64. The van der Waals surface area contributed by atoms with Crippen molar-refractivity contribution in [3.8, 4) is 11.8 Å². The van der Waals surface area contributed by atoms with E-state index in [9.17, 15) is 27.6 Å². The highest BCUT2D eigenvalue weighted by atomic mass is 19.4. The number of carbonyl (C=O) groups is 1. The molecule has 1 fully saturated rings. The maximum Gasteiger partial charge on any atom is 0.435 e. The first-order chi connectivity index (χ1) is 18.7. The lowest BCUT2D eigenvalue weighted by Gasteiger charge is -2.20. The summed E-state index contributed by atoms with van der Waals surface area (Å²) < 4.78 is 62.2. The highest BCUT2D eigenvalue weighted by Crippen LogP contribution is 2.35. The fourth-order valence-corrected chi connectivity index (χ4v) is 4.01.